The molecular weight excluding hydrogens is 322 g/mol. The predicted molar refractivity (Wildman–Crippen MR) is 92.5 cm³/mol. The molecule has 7 nitrogen and oxygen atoms in total. The minimum absolute atomic E-state index is 0.117. The molecule has 7 heteroatoms. The lowest BCUT2D eigenvalue weighted by molar-refractivity contribution is -0.138. The van der Waals surface area contributed by atoms with E-state index in [0.717, 1.165) is 16.7 Å². The maximum Gasteiger partial charge on any atom is 0.243 e. The third kappa shape index (κ3) is 4.57. The van der Waals surface area contributed by atoms with Gasteiger partial charge in [-0.1, -0.05) is 18.2 Å². The molecule has 1 saturated heterocycles. The summed E-state index contributed by atoms with van der Waals surface area (Å²) >= 11 is 0. The van der Waals surface area contributed by atoms with Gasteiger partial charge in [-0.3, -0.25) is 14.4 Å². The number of hydrogen-bond acceptors (Lipinski definition) is 4. The molecule has 0 unspecified atom stereocenters. The molecule has 1 aliphatic heterocycles. The highest BCUT2D eigenvalue weighted by Crippen LogP contribution is 2.19. The zero-order valence-corrected chi connectivity index (χ0v) is 14.8. The normalized spacial score (nSPS) is 21.0. The van der Waals surface area contributed by atoms with Crippen LogP contribution < -0.4 is 11.1 Å². The molecule has 1 heterocycles. The van der Waals surface area contributed by atoms with E-state index in [0.29, 0.717) is 0 Å². The molecule has 1 aromatic carbocycles. The van der Waals surface area contributed by atoms with Gasteiger partial charge >= 0.3 is 0 Å². The molecular formula is C18H25N3O4. The molecule has 4 N–H and O–H groups in total. The first-order valence-electron chi connectivity index (χ1n) is 8.30. The van der Waals surface area contributed by atoms with Crippen molar-refractivity contribution in [3.05, 3.63) is 34.9 Å². The fourth-order valence-electron chi connectivity index (χ4n) is 3.07. The highest BCUT2D eigenvalue weighted by atomic mass is 16.3. The lowest BCUT2D eigenvalue weighted by Crippen LogP contribution is -2.52. The number of carbonyl (C=O) groups is 3. The average molecular weight is 347 g/mol. The Morgan fingerprint density at radius 1 is 1.32 bits per heavy atom. The lowest BCUT2D eigenvalue weighted by atomic mass is 10.00. The van der Waals surface area contributed by atoms with Crippen molar-refractivity contribution in [1.82, 2.24) is 10.2 Å². The summed E-state index contributed by atoms with van der Waals surface area (Å²) in [6, 6.07) is 4.15. The first-order valence-corrected chi connectivity index (χ1v) is 8.30. The third-order valence-electron chi connectivity index (χ3n) is 4.66. The molecule has 0 radical (unpaired) electrons. The summed E-state index contributed by atoms with van der Waals surface area (Å²) in [4.78, 5) is 37.2. The number of likely N-dealkylation sites (tertiary alicyclic amines) is 1. The second kappa shape index (κ2) is 7.65. The summed E-state index contributed by atoms with van der Waals surface area (Å²) in [5, 5.41) is 12.4. The number of hydrogen-bond donors (Lipinski definition) is 3. The summed E-state index contributed by atoms with van der Waals surface area (Å²) in [5.74, 6) is -1.40. The van der Waals surface area contributed by atoms with Crippen LogP contribution in [0.15, 0.2) is 18.2 Å². The number of benzene rings is 1. The molecule has 0 spiro atoms. The van der Waals surface area contributed by atoms with Crippen molar-refractivity contribution >= 4 is 17.7 Å². The van der Waals surface area contributed by atoms with Crippen molar-refractivity contribution in [2.24, 2.45) is 5.73 Å². The number of amides is 3. The van der Waals surface area contributed by atoms with Gasteiger partial charge in [-0.2, -0.15) is 0 Å². The van der Waals surface area contributed by atoms with E-state index in [9.17, 15) is 19.5 Å². The standard InChI is InChI=1S/C18H25N3O4/c1-10-4-5-13(6-11(10)2)7-15(17(19)24)20-18(25)16-8-14(23)9-21(16)12(3)22/h4-6,14-16,23H,7-9H2,1-3H3,(H2,19,24)(H,20,25)/t14-,15-,16+/m1/s1. The Balaban J connectivity index is 2.10. The molecule has 1 aliphatic rings. The number of primary amides is 1. The van der Waals surface area contributed by atoms with Crippen molar-refractivity contribution in [1.29, 1.82) is 0 Å². The SMILES string of the molecule is CC(=O)N1C[C@H](O)C[C@H]1C(=O)N[C@H](Cc1ccc(C)c(C)c1)C(N)=O. The molecule has 2 rings (SSSR count). The van der Waals surface area contributed by atoms with Crippen LogP contribution in [0.25, 0.3) is 0 Å². The van der Waals surface area contributed by atoms with E-state index in [4.69, 9.17) is 5.73 Å². The highest BCUT2D eigenvalue weighted by Gasteiger charge is 2.38. The first-order chi connectivity index (χ1) is 11.7. The summed E-state index contributed by atoms with van der Waals surface area (Å²) < 4.78 is 0. The van der Waals surface area contributed by atoms with Gasteiger partial charge in [0.05, 0.1) is 6.10 Å². The lowest BCUT2D eigenvalue weighted by Gasteiger charge is -2.24. The fourth-order valence-corrected chi connectivity index (χ4v) is 3.07. The number of aryl methyl sites for hydroxylation is 2. The zero-order chi connectivity index (χ0) is 18.7. The largest absolute Gasteiger partial charge is 0.391 e. The Bertz CT molecular complexity index is 689. The molecule has 3 amide bonds. The molecule has 0 aliphatic carbocycles. The fraction of sp³-hybridized carbons (Fsp3) is 0.500. The van der Waals surface area contributed by atoms with E-state index in [1.807, 2.05) is 32.0 Å². The van der Waals surface area contributed by atoms with Crippen molar-refractivity contribution < 1.29 is 19.5 Å². The monoisotopic (exact) mass is 347 g/mol. The zero-order valence-electron chi connectivity index (χ0n) is 14.8. The number of aliphatic hydroxyl groups excluding tert-OH is 1. The number of carbonyl (C=O) groups excluding carboxylic acids is 3. The van der Waals surface area contributed by atoms with Gasteiger partial charge in [-0.05, 0) is 30.5 Å². The minimum Gasteiger partial charge on any atom is -0.391 e. The molecule has 0 bridgehead atoms. The van der Waals surface area contributed by atoms with Crippen molar-refractivity contribution in [2.75, 3.05) is 6.54 Å². The van der Waals surface area contributed by atoms with Crippen molar-refractivity contribution in [2.45, 2.75) is 51.8 Å². The maximum atomic E-state index is 12.5. The van der Waals surface area contributed by atoms with Crippen LogP contribution in [-0.4, -0.2) is 52.5 Å². The molecule has 0 saturated carbocycles. The third-order valence-corrected chi connectivity index (χ3v) is 4.66. The summed E-state index contributed by atoms with van der Waals surface area (Å²) in [6.07, 6.45) is -0.315. The van der Waals surface area contributed by atoms with Gasteiger partial charge in [-0.25, -0.2) is 0 Å². The molecule has 0 aromatic heterocycles. The van der Waals surface area contributed by atoms with Crippen LogP contribution in [-0.2, 0) is 20.8 Å². The van der Waals surface area contributed by atoms with Crippen molar-refractivity contribution in [3.63, 3.8) is 0 Å². The Morgan fingerprint density at radius 2 is 2.00 bits per heavy atom. The number of nitrogens with zero attached hydrogens (tertiary/aromatic N) is 1. The number of rotatable bonds is 5. The van der Waals surface area contributed by atoms with E-state index < -0.39 is 30.0 Å². The Labute approximate surface area is 147 Å². The summed E-state index contributed by atoms with van der Waals surface area (Å²) in [5.41, 5.74) is 8.56. The molecule has 3 atom stereocenters. The molecule has 136 valence electrons. The van der Waals surface area contributed by atoms with Crippen molar-refractivity contribution in [3.8, 4) is 0 Å². The second-order valence-electron chi connectivity index (χ2n) is 6.66. The minimum atomic E-state index is -0.874. The van der Waals surface area contributed by atoms with Gasteiger partial charge in [0.15, 0.2) is 0 Å². The van der Waals surface area contributed by atoms with Gasteiger partial charge in [-0.15, -0.1) is 0 Å². The Kier molecular flexibility index (Phi) is 5.79. The molecule has 25 heavy (non-hydrogen) atoms. The van der Waals surface area contributed by atoms with Crippen LogP contribution in [0.2, 0.25) is 0 Å². The average Bonchev–Trinajstić information content (AvgIpc) is 2.92. The van der Waals surface area contributed by atoms with Gasteiger partial charge in [0, 0.05) is 26.3 Å². The second-order valence-corrected chi connectivity index (χ2v) is 6.66. The van der Waals surface area contributed by atoms with Gasteiger partial charge in [0.25, 0.3) is 0 Å². The first kappa shape index (κ1) is 18.9. The highest BCUT2D eigenvalue weighted by molar-refractivity contribution is 5.91. The Hall–Kier alpha value is -2.41. The van der Waals surface area contributed by atoms with Crippen LogP contribution in [0.1, 0.15) is 30.0 Å². The molecule has 1 aromatic rings. The van der Waals surface area contributed by atoms with E-state index in [1.54, 1.807) is 0 Å². The van der Waals surface area contributed by atoms with Gasteiger partial charge < -0.3 is 21.1 Å². The Morgan fingerprint density at radius 3 is 2.56 bits per heavy atom. The van der Waals surface area contributed by atoms with Gasteiger partial charge in [0.1, 0.15) is 12.1 Å². The van der Waals surface area contributed by atoms with Crippen LogP contribution >= 0.6 is 0 Å². The number of β-amino-alcohol motifs (C(OH)–C–C–N with tert-alkyl or cyclic N) is 1. The summed E-state index contributed by atoms with van der Waals surface area (Å²) in [7, 11) is 0. The van der Waals surface area contributed by atoms with E-state index in [1.165, 1.54) is 11.8 Å². The predicted octanol–water partition coefficient (Wildman–Crippen LogP) is -0.202. The number of aliphatic hydroxyl groups is 1. The summed E-state index contributed by atoms with van der Waals surface area (Å²) in [6.45, 7) is 5.43. The van der Waals surface area contributed by atoms with Crippen LogP contribution in [0.3, 0.4) is 0 Å². The van der Waals surface area contributed by atoms with Crippen LogP contribution in [0.4, 0.5) is 0 Å². The maximum absolute atomic E-state index is 12.5. The van der Waals surface area contributed by atoms with E-state index in [-0.39, 0.29) is 25.3 Å². The molecule has 1 fully saturated rings. The van der Waals surface area contributed by atoms with Crippen LogP contribution in [0, 0.1) is 13.8 Å². The van der Waals surface area contributed by atoms with Crippen LogP contribution in [0.5, 0.6) is 0 Å². The number of nitrogens with one attached hydrogen (secondary N) is 1. The van der Waals surface area contributed by atoms with E-state index >= 15 is 0 Å². The quantitative estimate of drug-likeness (QED) is 0.684. The van der Waals surface area contributed by atoms with E-state index in [2.05, 4.69) is 5.32 Å². The smallest absolute Gasteiger partial charge is 0.243 e. The van der Waals surface area contributed by atoms with Gasteiger partial charge in [0.2, 0.25) is 17.7 Å². The topological polar surface area (TPSA) is 113 Å². The number of nitrogens with two attached hydrogens (primary N) is 1.